The normalized spacial score (nSPS) is 13.5. The molecule has 0 heterocycles. The van der Waals surface area contributed by atoms with E-state index in [0.717, 1.165) is 0 Å². The zero-order chi connectivity index (χ0) is 13.3. The van der Waals surface area contributed by atoms with Gasteiger partial charge in [0.15, 0.2) is 8.96 Å². The Balaban J connectivity index is 3.09. The van der Waals surface area contributed by atoms with Crippen LogP contribution in [0.2, 0.25) is 45.8 Å². The summed E-state index contributed by atoms with van der Waals surface area (Å²) in [6.45, 7) is 17.4. The van der Waals surface area contributed by atoms with Gasteiger partial charge in [-0.2, -0.15) is 0 Å². The first-order valence-corrected chi connectivity index (χ1v) is 15.2. The molecule has 1 nitrogen and oxygen atoms in total. The Morgan fingerprint density at radius 3 is 1.59 bits per heavy atom. The van der Waals surface area contributed by atoms with Crippen LogP contribution in [0, 0.1) is 0 Å². The van der Waals surface area contributed by atoms with Crippen molar-refractivity contribution in [3.63, 3.8) is 0 Å². The Bertz CT molecular complexity index is 337. The molecular weight excluding hydrogens is 254 g/mol. The highest BCUT2D eigenvalue weighted by Crippen LogP contribution is 2.21. The van der Waals surface area contributed by atoms with Gasteiger partial charge in [-0.05, 0) is 5.19 Å². The molecule has 0 bridgehead atoms. The van der Waals surface area contributed by atoms with E-state index in [-0.39, 0.29) is 0 Å². The summed E-state index contributed by atoms with van der Waals surface area (Å²) < 4.78 is 2.96. The molecule has 0 fully saturated rings. The number of hydrogen-bond acceptors (Lipinski definition) is 1. The number of rotatable bonds is 4. The topological polar surface area (TPSA) is 3.24 Å². The fourth-order valence-electron chi connectivity index (χ4n) is 2.82. The monoisotopic (exact) mass is 280 g/mol. The van der Waals surface area contributed by atoms with Crippen molar-refractivity contribution in [2.45, 2.75) is 45.8 Å². The largest absolute Gasteiger partial charge is 0.366 e. The Morgan fingerprint density at radius 1 is 0.824 bits per heavy atom. The third-order valence-electron chi connectivity index (χ3n) is 2.87. The van der Waals surface area contributed by atoms with Gasteiger partial charge in [-0.25, -0.2) is 0 Å². The summed E-state index contributed by atoms with van der Waals surface area (Å²) in [5, 5.41) is 1.56. The molecule has 0 atom stereocenters. The Kier molecular flexibility index (Phi) is 4.57. The minimum Gasteiger partial charge on any atom is -0.366 e. The van der Waals surface area contributed by atoms with Gasteiger partial charge in [-0.1, -0.05) is 76.2 Å². The van der Waals surface area contributed by atoms with Gasteiger partial charge in [0.05, 0.1) is 0 Å². The number of hydrogen-bond donors (Lipinski definition) is 0. The molecule has 1 aromatic rings. The van der Waals surface area contributed by atoms with Crippen molar-refractivity contribution in [2.24, 2.45) is 0 Å². The van der Waals surface area contributed by atoms with Crippen LogP contribution >= 0.6 is 0 Å². The summed E-state index contributed by atoms with van der Waals surface area (Å²) in [4.78, 5) is 0. The lowest BCUT2D eigenvalue weighted by molar-refractivity contribution is 0.938. The van der Waals surface area contributed by atoms with Gasteiger partial charge < -0.3 is 3.90 Å². The van der Waals surface area contributed by atoms with E-state index in [0.29, 0.717) is 0 Å². The molecule has 0 N–H and O–H groups in total. The molecular formula is C13H26NSi3. The zero-order valence-corrected chi connectivity index (χ0v) is 15.3. The standard InChI is InChI=1S/C13H26NSi3/c1-15(13-11-9-8-10-12-13)14(16(2,3)4)17(5,6)7/h8-12H,1-7H3. The average Bonchev–Trinajstić information content (AvgIpc) is 2.14. The summed E-state index contributed by atoms with van der Waals surface area (Å²) in [7, 11) is -3.02. The smallest absolute Gasteiger partial charge is 0.155 e. The molecule has 1 aromatic carbocycles. The van der Waals surface area contributed by atoms with Crippen LogP contribution in [-0.2, 0) is 0 Å². The highest BCUT2D eigenvalue weighted by atomic mass is 28.5. The van der Waals surface area contributed by atoms with Crippen molar-refractivity contribution in [1.82, 2.24) is 3.90 Å². The summed E-state index contributed by atoms with van der Waals surface area (Å²) in [5.74, 6) is 0. The summed E-state index contributed by atoms with van der Waals surface area (Å²) >= 11 is 0. The predicted octanol–water partition coefficient (Wildman–Crippen LogP) is 3.49. The van der Waals surface area contributed by atoms with E-state index >= 15 is 0 Å². The van der Waals surface area contributed by atoms with Gasteiger partial charge in [0, 0.05) is 0 Å². The molecule has 95 valence electrons. The van der Waals surface area contributed by atoms with Gasteiger partial charge in [0.1, 0.15) is 16.5 Å². The van der Waals surface area contributed by atoms with Gasteiger partial charge in [0.2, 0.25) is 0 Å². The number of nitrogens with zero attached hydrogens (tertiary/aromatic N) is 1. The van der Waals surface area contributed by atoms with E-state index in [1.165, 1.54) is 0 Å². The SMILES string of the molecule is C[Si](c1ccccc1)N([Si](C)(C)C)[Si](C)(C)C. The van der Waals surface area contributed by atoms with E-state index in [1.807, 2.05) is 0 Å². The van der Waals surface area contributed by atoms with Crippen LogP contribution in [-0.4, -0.2) is 29.3 Å². The summed E-state index contributed by atoms with van der Waals surface area (Å²) in [6, 6.07) is 11.1. The quantitative estimate of drug-likeness (QED) is 0.763. The van der Waals surface area contributed by atoms with Gasteiger partial charge in [-0.3, -0.25) is 0 Å². The minimum absolute atomic E-state index is 0.564. The van der Waals surface area contributed by atoms with Crippen molar-refractivity contribution < 1.29 is 0 Å². The summed E-state index contributed by atoms with van der Waals surface area (Å²) in [5.41, 5.74) is 0. The molecule has 0 aliphatic rings. The third-order valence-corrected chi connectivity index (χ3v) is 17.5. The Morgan fingerprint density at radius 2 is 1.24 bits per heavy atom. The van der Waals surface area contributed by atoms with Gasteiger partial charge >= 0.3 is 0 Å². The van der Waals surface area contributed by atoms with Crippen molar-refractivity contribution in [3.8, 4) is 0 Å². The highest BCUT2D eigenvalue weighted by Gasteiger charge is 2.38. The molecule has 0 aliphatic carbocycles. The van der Waals surface area contributed by atoms with Crippen LogP contribution in [0.4, 0.5) is 0 Å². The summed E-state index contributed by atoms with van der Waals surface area (Å²) in [6.07, 6.45) is 0. The van der Waals surface area contributed by atoms with Crippen molar-refractivity contribution >= 4 is 30.6 Å². The second-order valence-corrected chi connectivity index (χ2v) is 19.7. The molecule has 0 unspecified atom stereocenters. The number of benzene rings is 1. The predicted molar refractivity (Wildman–Crippen MR) is 86.2 cm³/mol. The molecule has 17 heavy (non-hydrogen) atoms. The average molecular weight is 281 g/mol. The molecule has 0 aliphatic heterocycles. The highest BCUT2D eigenvalue weighted by molar-refractivity contribution is 7.01. The van der Waals surface area contributed by atoms with Crippen molar-refractivity contribution in [2.75, 3.05) is 0 Å². The molecule has 1 radical (unpaired) electrons. The lowest BCUT2D eigenvalue weighted by atomic mass is 10.4. The van der Waals surface area contributed by atoms with E-state index in [4.69, 9.17) is 0 Å². The van der Waals surface area contributed by atoms with Crippen LogP contribution in [0.3, 0.4) is 0 Å². The Hall–Kier alpha value is -0.169. The van der Waals surface area contributed by atoms with E-state index in [9.17, 15) is 0 Å². The van der Waals surface area contributed by atoms with Gasteiger partial charge in [0.25, 0.3) is 0 Å². The lowest BCUT2D eigenvalue weighted by Gasteiger charge is -2.47. The first kappa shape index (κ1) is 14.9. The molecule has 0 spiro atoms. The molecule has 0 aromatic heterocycles. The van der Waals surface area contributed by atoms with Crippen molar-refractivity contribution in [3.05, 3.63) is 30.3 Å². The van der Waals surface area contributed by atoms with Crippen LogP contribution in [0.15, 0.2) is 30.3 Å². The second kappa shape index (κ2) is 5.22. The Labute approximate surface area is 111 Å². The van der Waals surface area contributed by atoms with Crippen LogP contribution in [0.5, 0.6) is 0 Å². The van der Waals surface area contributed by atoms with E-state index < -0.39 is 25.4 Å². The molecule has 0 saturated heterocycles. The maximum atomic E-state index is 2.96. The van der Waals surface area contributed by atoms with Crippen LogP contribution < -0.4 is 5.19 Å². The lowest BCUT2D eigenvalue weighted by Crippen LogP contribution is -2.67. The maximum Gasteiger partial charge on any atom is 0.155 e. The maximum absolute atomic E-state index is 2.96. The van der Waals surface area contributed by atoms with Crippen LogP contribution in [0.1, 0.15) is 0 Å². The van der Waals surface area contributed by atoms with E-state index in [2.05, 4.69) is 80.1 Å². The first-order valence-electron chi connectivity index (χ1n) is 6.33. The molecule has 1 rings (SSSR count). The van der Waals surface area contributed by atoms with Crippen molar-refractivity contribution in [1.29, 1.82) is 0 Å². The fraction of sp³-hybridized carbons (Fsp3) is 0.538. The minimum atomic E-state index is -1.23. The fourth-order valence-corrected chi connectivity index (χ4v) is 20.6. The molecule has 0 amide bonds. The van der Waals surface area contributed by atoms with Crippen LogP contribution in [0.25, 0.3) is 0 Å². The second-order valence-electron chi connectivity index (χ2n) is 6.63. The van der Waals surface area contributed by atoms with Gasteiger partial charge in [-0.15, -0.1) is 0 Å². The molecule has 0 saturated carbocycles. The first-order chi connectivity index (χ1) is 7.64. The zero-order valence-electron chi connectivity index (χ0n) is 12.3. The third kappa shape index (κ3) is 3.91. The molecule has 4 heteroatoms. The van der Waals surface area contributed by atoms with E-state index in [1.54, 1.807) is 5.19 Å².